The topological polar surface area (TPSA) is 47.0 Å². The lowest BCUT2D eigenvalue weighted by Gasteiger charge is -2.00. The fourth-order valence-electron chi connectivity index (χ4n) is 1.74. The summed E-state index contributed by atoms with van der Waals surface area (Å²) < 4.78 is 61.2. The van der Waals surface area contributed by atoms with Crippen molar-refractivity contribution in [3.8, 4) is 0 Å². The molecule has 1 aromatic heterocycles. The zero-order valence-corrected chi connectivity index (χ0v) is 12.5. The minimum Gasteiger partial charge on any atom is -0.225 e. The Morgan fingerprint density at radius 1 is 1.14 bits per heavy atom. The second kappa shape index (κ2) is 6.57. The van der Waals surface area contributed by atoms with Crippen LogP contribution in [0, 0.1) is 0 Å². The summed E-state index contributed by atoms with van der Waals surface area (Å²) in [7, 11) is -3.56. The van der Waals surface area contributed by atoms with Gasteiger partial charge in [0.2, 0.25) is 14.2 Å². The molecular formula is C13H12F3NO2S2. The number of rotatable bonds is 6. The lowest BCUT2D eigenvalue weighted by Crippen LogP contribution is -2.06. The van der Waals surface area contributed by atoms with Crippen molar-refractivity contribution in [2.24, 2.45) is 0 Å². The predicted molar refractivity (Wildman–Crippen MR) is 75.9 cm³/mol. The van der Waals surface area contributed by atoms with Gasteiger partial charge in [-0.3, -0.25) is 0 Å². The molecule has 8 heteroatoms. The molecule has 0 spiro atoms. The van der Waals surface area contributed by atoms with Crippen molar-refractivity contribution in [2.75, 3.05) is 5.75 Å². The highest BCUT2D eigenvalue weighted by molar-refractivity contribution is 7.93. The van der Waals surface area contributed by atoms with Gasteiger partial charge in [-0.1, -0.05) is 12.1 Å². The summed E-state index contributed by atoms with van der Waals surface area (Å²) in [6.45, 7) is 0. The molecule has 0 aliphatic carbocycles. The molecule has 0 saturated carbocycles. The van der Waals surface area contributed by atoms with Gasteiger partial charge >= 0.3 is 6.08 Å². The maximum Gasteiger partial charge on any atom is 0.301 e. The molecule has 0 N–H and O–H groups in total. The number of sulfone groups is 1. The molecule has 21 heavy (non-hydrogen) atoms. The Balaban J connectivity index is 2.00. The Morgan fingerprint density at radius 2 is 1.86 bits per heavy atom. The standard InChI is InChI=1S/C13H12F3NO2S2/c14-9(12(15)16)5-3-4-8-21(18,19)13-17-10-6-1-2-7-11(10)20-13/h1-2,6-7H,3-5,8H2. The van der Waals surface area contributed by atoms with Crippen LogP contribution < -0.4 is 0 Å². The van der Waals surface area contributed by atoms with Crippen LogP contribution in [-0.2, 0) is 9.84 Å². The quantitative estimate of drug-likeness (QED) is 0.739. The van der Waals surface area contributed by atoms with E-state index in [9.17, 15) is 21.6 Å². The predicted octanol–water partition coefficient (Wildman–Crippen LogP) is 4.32. The molecule has 0 aliphatic heterocycles. The van der Waals surface area contributed by atoms with Gasteiger partial charge < -0.3 is 0 Å². The van der Waals surface area contributed by atoms with E-state index in [1.54, 1.807) is 24.3 Å². The molecule has 0 atom stereocenters. The van der Waals surface area contributed by atoms with Crippen LogP contribution in [-0.4, -0.2) is 19.2 Å². The normalized spacial score (nSPS) is 11.8. The van der Waals surface area contributed by atoms with Crippen molar-refractivity contribution >= 4 is 31.4 Å². The van der Waals surface area contributed by atoms with E-state index in [1.165, 1.54) is 0 Å². The maximum atomic E-state index is 12.6. The minimum atomic E-state index is -3.56. The molecule has 0 bridgehead atoms. The van der Waals surface area contributed by atoms with Crippen LogP contribution >= 0.6 is 11.3 Å². The van der Waals surface area contributed by atoms with Gasteiger partial charge in [-0.2, -0.15) is 8.78 Å². The monoisotopic (exact) mass is 335 g/mol. The number of fused-ring (bicyclic) bond motifs is 1. The van der Waals surface area contributed by atoms with Crippen LogP contribution in [0.5, 0.6) is 0 Å². The van der Waals surface area contributed by atoms with E-state index in [1.807, 2.05) is 0 Å². The van der Waals surface area contributed by atoms with Gasteiger partial charge in [-0.25, -0.2) is 17.8 Å². The molecule has 2 rings (SSSR count). The van der Waals surface area contributed by atoms with Crippen LogP contribution in [0.15, 0.2) is 40.5 Å². The van der Waals surface area contributed by atoms with Crippen molar-refractivity contribution in [1.29, 1.82) is 0 Å². The zero-order valence-electron chi connectivity index (χ0n) is 10.9. The van der Waals surface area contributed by atoms with Gasteiger partial charge in [0.1, 0.15) is 0 Å². The number of unbranched alkanes of at least 4 members (excludes halogenated alkanes) is 1. The van der Waals surface area contributed by atoms with Gasteiger partial charge in [0.15, 0.2) is 5.83 Å². The third kappa shape index (κ3) is 4.04. The van der Waals surface area contributed by atoms with Crippen LogP contribution in [0.4, 0.5) is 13.2 Å². The fraction of sp³-hybridized carbons (Fsp3) is 0.308. The molecule has 0 amide bonds. The fourth-order valence-corrected chi connectivity index (χ4v) is 4.46. The van der Waals surface area contributed by atoms with E-state index in [2.05, 4.69) is 4.98 Å². The van der Waals surface area contributed by atoms with E-state index in [-0.39, 0.29) is 22.9 Å². The Bertz CT molecular complexity index is 732. The average Bonchev–Trinajstić information content (AvgIpc) is 2.88. The summed E-state index contributed by atoms with van der Waals surface area (Å²) in [5.74, 6) is -1.71. The summed E-state index contributed by atoms with van der Waals surface area (Å²) in [6.07, 6.45) is -2.63. The van der Waals surface area contributed by atoms with E-state index in [0.717, 1.165) is 16.0 Å². The van der Waals surface area contributed by atoms with Crippen molar-refractivity contribution in [1.82, 2.24) is 4.98 Å². The van der Waals surface area contributed by atoms with Gasteiger partial charge in [-0.05, 0) is 25.0 Å². The Kier molecular flexibility index (Phi) is 5.00. The Labute approximate surface area is 124 Å². The Morgan fingerprint density at radius 3 is 2.52 bits per heavy atom. The van der Waals surface area contributed by atoms with Crippen molar-refractivity contribution < 1.29 is 21.6 Å². The number of allylic oxidation sites excluding steroid dienone is 1. The third-order valence-electron chi connectivity index (χ3n) is 2.80. The largest absolute Gasteiger partial charge is 0.301 e. The van der Waals surface area contributed by atoms with Crippen LogP contribution in [0.1, 0.15) is 19.3 Å². The molecule has 0 aliphatic rings. The summed E-state index contributed by atoms with van der Waals surface area (Å²) in [6, 6.07) is 7.04. The summed E-state index contributed by atoms with van der Waals surface area (Å²) in [5.41, 5.74) is 0.606. The maximum absolute atomic E-state index is 12.6. The van der Waals surface area contributed by atoms with Crippen molar-refractivity contribution in [2.45, 2.75) is 23.6 Å². The highest BCUT2D eigenvalue weighted by Crippen LogP contribution is 2.26. The zero-order chi connectivity index (χ0) is 15.5. The second-order valence-electron chi connectivity index (χ2n) is 4.39. The number of benzene rings is 1. The molecule has 114 valence electrons. The smallest absolute Gasteiger partial charge is 0.225 e. The summed E-state index contributed by atoms with van der Waals surface area (Å²) >= 11 is 1.07. The Hall–Kier alpha value is -1.41. The van der Waals surface area contributed by atoms with Gasteiger partial charge in [0.05, 0.1) is 16.0 Å². The molecule has 0 unspecified atom stereocenters. The molecule has 0 saturated heterocycles. The molecule has 3 nitrogen and oxygen atoms in total. The van der Waals surface area contributed by atoms with E-state index in [0.29, 0.717) is 5.52 Å². The summed E-state index contributed by atoms with van der Waals surface area (Å²) in [4.78, 5) is 4.05. The first kappa shape index (κ1) is 16.0. The first-order valence-corrected chi connectivity index (χ1v) is 8.65. The molecular weight excluding hydrogens is 323 g/mol. The summed E-state index contributed by atoms with van der Waals surface area (Å²) in [5, 5.41) is 0. The van der Waals surface area contributed by atoms with E-state index >= 15 is 0 Å². The lowest BCUT2D eigenvalue weighted by atomic mass is 10.2. The van der Waals surface area contributed by atoms with Gasteiger partial charge in [0, 0.05) is 6.42 Å². The number of thiazole rings is 1. The van der Waals surface area contributed by atoms with Crippen molar-refractivity contribution in [3.05, 3.63) is 36.2 Å². The van der Waals surface area contributed by atoms with E-state index in [4.69, 9.17) is 0 Å². The number of nitrogens with zero attached hydrogens (tertiary/aromatic N) is 1. The first-order chi connectivity index (χ1) is 9.90. The number of hydrogen-bond donors (Lipinski definition) is 0. The first-order valence-electron chi connectivity index (χ1n) is 6.18. The van der Waals surface area contributed by atoms with Gasteiger partial charge in [0.25, 0.3) is 0 Å². The van der Waals surface area contributed by atoms with Crippen LogP contribution in [0.25, 0.3) is 10.2 Å². The van der Waals surface area contributed by atoms with Crippen LogP contribution in [0.2, 0.25) is 0 Å². The van der Waals surface area contributed by atoms with E-state index < -0.39 is 28.2 Å². The molecule has 0 radical (unpaired) electrons. The minimum absolute atomic E-state index is 0.0105. The number of hydrogen-bond acceptors (Lipinski definition) is 4. The average molecular weight is 335 g/mol. The van der Waals surface area contributed by atoms with Gasteiger partial charge in [-0.15, -0.1) is 11.3 Å². The SMILES string of the molecule is O=S(=O)(CCCCC(F)=C(F)F)c1nc2ccccc2s1. The highest BCUT2D eigenvalue weighted by Gasteiger charge is 2.19. The molecule has 0 fully saturated rings. The number of halogens is 3. The third-order valence-corrected chi connectivity index (χ3v) is 6.10. The highest BCUT2D eigenvalue weighted by atomic mass is 32.2. The number of aromatic nitrogens is 1. The van der Waals surface area contributed by atoms with Crippen LogP contribution in [0.3, 0.4) is 0 Å². The van der Waals surface area contributed by atoms with Crippen molar-refractivity contribution in [3.63, 3.8) is 0 Å². The lowest BCUT2D eigenvalue weighted by molar-refractivity contribution is 0.368. The number of para-hydroxylation sites is 1. The molecule has 1 aromatic carbocycles. The second-order valence-corrected chi connectivity index (χ2v) is 7.70. The molecule has 1 heterocycles. The molecule has 2 aromatic rings.